The highest BCUT2D eigenvalue weighted by Gasteiger charge is 2.25. The van der Waals surface area contributed by atoms with E-state index in [0.29, 0.717) is 40.3 Å². The molecule has 1 aliphatic rings. The van der Waals surface area contributed by atoms with E-state index in [2.05, 4.69) is 27.8 Å². The summed E-state index contributed by atoms with van der Waals surface area (Å²) in [6.45, 7) is 5.08. The lowest BCUT2D eigenvalue weighted by molar-refractivity contribution is -0.129. The second-order valence-corrected chi connectivity index (χ2v) is 8.10. The third kappa shape index (κ3) is 5.36. The fourth-order valence-electron chi connectivity index (χ4n) is 2.71. The summed E-state index contributed by atoms with van der Waals surface area (Å²) in [6, 6.07) is 8.57. The first-order chi connectivity index (χ1) is 14.4. The standard InChI is InChI=1S/C22H20BrCl2NO4/c1-3-5-8-29-20-15(23)9-13(11-19(20)28-4-2)10-18-22(27)30-21(26-18)14-6-7-16(24)17(25)12-14/h6-7,9-12H,3-5,8H2,1-2H3/b18-10-. The molecule has 0 saturated heterocycles. The number of nitrogens with zero attached hydrogens (tertiary/aromatic N) is 1. The van der Waals surface area contributed by atoms with Gasteiger partial charge in [-0.05, 0) is 71.2 Å². The first-order valence-corrected chi connectivity index (χ1v) is 11.0. The fraction of sp³-hybridized carbons (Fsp3) is 0.273. The summed E-state index contributed by atoms with van der Waals surface area (Å²) in [5, 5.41) is 0.768. The molecule has 0 radical (unpaired) electrons. The Morgan fingerprint density at radius 3 is 2.63 bits per heavy atom. The number of benzene rings is 2. The van der Waals surface area contributed by atoms with Gasteiger partial charge in [0.1, 0.15) is 0 Å². The van der Waals surface area contributed by atoms with Gasteiger partial charge in [-0.1, -0.05) is 36.5 Å². The van der Waals surface area contributed by atoms with Crippen LogP contribution in [0, 0.1) is 0 Å². The Morgan fingerprint density at radius 2 is 1.93 bits per heavy atom. The summed E-state index contributed by atoms with van der Waals surface area (Å²) in [5.41, 5.74) is 1.46. The van der Waals surface area contributed by atoms with Crippen molar-refractivity contribution in [2.75, 3.05) is 13.2 Å². The minimum absolute atomic E-state index is 0.171. The van der Waals surface area contributed by atoms with Crippen molar-refractivity contribution in [3.8, 4) is 11.5 Å². The molecule has 0 saturated carbocycles. The molecule has 2 aromatic rings. The normalized spacial score (nSPS) is 14.6. The lowest BCUT2D eigenvalue weighted by atomic mass is 10.1. The van der Waals surface area contributed by atoms with E-state index in [9.17, 15) is 4.79 Å². The molecule has 0 amide bonds. The van der Waals surface area contributed by atoms with Crippen molar-refractivity contribution in [1.29, 1.82) is 0 Å². The van der Waals surface area contributed by atoms with E-state index in [0.717, 1.165) is 22.9 Å². The molecule has 3 rings (SSSR count). The Labute approximate surface area is 193 Å². The minimum atomic E-state index is -0.548. The molecular weight excluding hydrogens is 493 g/mol. The molecule has 30 heavy (non-hydrogen) atoms. The molecule has 0 bridgehead atoms. The van der Waals surface area contributed by atoms with Gasteiger partial charge in [-0.25, -0.2) is 9.79 Å². The summed E-state index contributed by atoms with van der Waals surface area (Å²) in [5.74, 6) is 0.859. The zero-order valence-corrected chi connectivity index (χ0v) is 19.6. The Hall–Kier alpha value is -2.02. The van der Waals surface area contributed by atoms with Crippen LogP contribution in [0.5, 0.6) is 11.5 Å². The van der Waals surface area contributed by atoms with Crippen molar-refractivity contribution < 1.29 is 19.0 Å². The zero-order valence-electron chi connectivity index (χ0n) is 16.5. The highest BCUT2D eigenvalue weighted by Crippen LogP contribution is 2.38. The average Bonchev–Trinajstić information content (AvgIpc) is 3.06. The number of esters is 1. The van der Waals surface area contributed by atoms with Gasteiger partial charge in [0.25, 0.3) is 0 Å². The van der Waals surface area contributed by atoms with E-state index in [4.69, 9.17) is 37.4 Å². The first kappa shape index (κ1) is 22.7. The van der Waals surface area contributed by atoms with Crippen molar-refractivity contribution >= 4 is 57.1 Å². The number of carbonyl (C=O) groups is 1. The topological polar surface area (TPSA) is 57.1 Å². The summed E-state index contributed by atoms with van der Waals surface area (Å²) in [4.78, 5) is 16.6. The van der Waals surface area contributed by atoms with Gasteiger partial charge in [-0.2, -0.15) is 0 Å². The SMILES string of the molecule is CCCCOc1c(Br)cc(/C=C2\N=C(c3ccc(Cl)c(Cl)c3)OC2=O)cc1OCC. The number of rotatable bonds is 8. The number of halogens is 3. The third-order valence-corrected chi connectivity index (χ3v) is 5.49. The molecule has 0 aliphatic carbocycles. The number of aliphatic imine (C=N–C) groups is 1. The number of ether oxygens (including phenoxy) is 3. The summed E-state index contributed by atoms with van der Waals surface area (Å²) in [7, 11) is 0. The van der Waals surface area contributed by atoms with E-state index >= 15 is 0 Å². The highest BCUT2D eigenvalue weighted by atomic mass is 79.9. The summed E-state index contributed by atoms with van der Waals surface area (Å²) >= 11 is 15.5. The van der Waals surface area contributed by atoms with Crippen molar-refractivity contribution in [3.63, 3.8) is 0 Å². The van der Waals surface area contributed by atoms with Crippen molar-refractivity contribution in [3.05, 3.63) is 61.7 Å². The number of carbonyl (C=O) groups excluding carboxylic acids is 1. The molecule has 0 unspecified atom stereocenters. The fourth-order valence-corrected chi connectivity index (χ4v) is 3.58. The van der Waals surface area contributed by atoms with Gasteiger partial charge < -0.3 is 14.2 Å². The van der Waals surface area contributed by atoms with Crippen LogP contribution in [0.25, 0.3) is 6.08 Å². The molecule has 0 fully saturated rings. The van der Waals surface area contributed by atoms with Gasteiger partial charge >= 0.3 is 5.97 Å². The second kappa shape index (κ2) is 10.3. The quantitative estimate of drug-likeness (QED) is 0.225. The van der Waals surface area contributed by atoms with E-state index in [1.54, 1.807) is 24.3 Å². The van der Waals surface area contributed by atoms with Crippen LogP contribution in [0.3, 0.4) is 0 Å². The van der Waals surface area contributed by atoms with Crippen LogP contribution in [0.1, 0.15) is 37.8 Å². The minimum Gasteiger partial charge on any atom is -0.490 e. The average molecular weight is 513 g/mol. The van der Waals surface area contributed by atoms with Gasteiger partial charge in [-0.15, -0.1) is 0 Å². The molecule has 8 heteroatoms. The van der Waals surface area contributed by atoms with E-state index < -0.39 is 5.97 Å². The molecule has 0 aromatic heterocycles. The Morgan fingerprint density at radius 1 is 1.13 bits per heavy atom. The van der Waals surface area contributed by atoms with E-state index in [1.807, 2.05) is 19.1 Å². The Balaban J connectivity index is 1.92. The molecular formula is C22H20BrCl2NO4. The molecule has 2 aromatic carbocycles. The van der Waals surface area contributed by atoms with Gasteiger partial charge in [0.2, 0.25) is 5.90 Å². The Bertz CT molecular complexity index is 1020. The van der Waals surface area contributed by atoms with Crippen LogP contribution in [0.15, 0.2) is 45.5 Å². The maximum absolute atomic E-state index is 12.3. The van der Waals surface area contributed by atoms with Gasteiger partial charge in [-0.3, -0.25) is 0 Å². The van der Waals surface area contributed by atoms with Gasteiger partial charge in [0, 0.05) is 5.56 Å². The number of hydrogen-bond acceptors (Lipinski definition) is 5. The maximum Gasteiger partial charge on any atom is 0.363 e. The third-order valence-electron chi connectivity index (χ3n) is 4.17. The lowest BCUT2D eigenvalue weighted by Crippen LogP contribution is -2.05. The summed E-state index contributed by atoms with van der Waals surface area (Å²) < 4.78 is 17.6. The molecule has 0 spiro atoms. The van der Waals surface area contributed by atoms with E-state index in [1.165, 1.54) is 0 Å². The first-order valence-electron chi connectivity index (χ1n) is 9.50. The Kier molecular flexibility index (Phi) is 7.81. The van der Waals surface area contributed by atoms with Crippen LogP contribution in [0.2, 0.25) is 10.0 Å². The monoisotopic (exact) mass is 511 g/mol. The van der Waals surface area contributed by atoms with E-state index in [-0.39, 0.29) is 11.6 Å². The van der Waals surface area contributed by atoms with Crippen molar-refractivity contribution in [2.24, 2.45) is 4.99 Å². The highest BCUT2D eigenvalue weighted by molar-refractivity contribution is 9.10. The van der Waals surface area contributed by atoms with Gasteiger partial charge in [0.05, 0.1) is 27.7 Å². The smallest absolute Gasteiger partial charge is 0.363 e. The number of unbranched alkanes of at least 4 members (excludes halogenated alkanes) is 1. The number of cyclic esters (lactones) is 1. The molecule has 1 heterocycles. The van der Waals surface area contributed by atoms with Crippen LogP contribution in [-0.2, 0) is 9.53 Å². The molecule has 0 atom stereocenters. The predicted molar refractivity (Wildman–Crippen MR) is 123 cm³/mol. The van der Waals surface area contributed by atoms with Crippen LogP contribution in [0.4, 0.5) is 0 Å². The summed E-state index contributed by atoms with van der Waals surface area (Å²) in [6.07, 6.45) is 3.62. The van der Waals surface area contributed by atoms with Crippen LogP contribution in [-0.4, -0.2) is 25.1 Å². The largest absolute Gasteiger partial charge is 0.490 e. The van der Waals surface area contributed by atoms with Crippen LogP contribution >= 0.6 is 39.1 Å². The van der Waals surface area contributed by atoms with Gasteiger partial charge in [0.15, 0.2) is 17.2 Å². The lowest BCUT2D eigenvalue weighted by Gasteiger charge is -2.14. The maximum atomic E-state index is 12.3. The molecule has 0 N–H and O–H groups in total. The second-order valence-electron chi connectivity index (χ2n) is 6.43. The van der Waals surface area contributed by atoms with Crippen molar-refractivity contribution in [2.45, 2.75) is 26.7 Å². The molecule has 5 nitrogen and oxygen atoms in total. The van der Waals surface area contributed by atoms with Crippen LogP contribution < -0.4 is 9.47 Å². The van der Waals surface area contributed by atoms with Crippen molar-refractivity contribution in [1.82, 2.24) is 0 Å². The predicted octanol–water partition coefficient (Wildman–Crippen LogP) is 6.68. The molecule has 158 valence electrons. The molecule has 1 aliphatic heterocycles. The number of hydrogen-bond donors (Lipinski definition) is 0. The zero-order chi connectivity index (χ0) is 21.7.